The molecule has 3 N–H and O–H groups in total. The fourth-order valence-corrected chi connectivity index (χ4v) is 2.61. The molecule has 0 aliphatic carbocycles. The molecule has 2 heterocycles. The smallest absolute Gasteiger partial charge is 0.169 e. The van der Waals surface area contributed by atoms with Crippen LogP contribution < -0.4 is 5.73 Å². The Labute approximate surface area is 120 Å². The molecule has 0 saturated carbocycles. The van der Waals surface area contributed by atoms with Crippen molar-refractivity contribution in [1.29, 1.82) is 0 Å². The molecule has 1 atom stereocenters. The fraction of sp³-hybridized carbons (Fsp3) is 0.636. The Bertz CT molecular complexity index is 488. The number of amidine groups is 1. The van der Waals surface area contributed by atoms with Crippen LogP contribution in [0, 0.1) is 6.92 Å². The Morgan fingerprint density at radius 3 is 3.00 bits per heavy atom. The number of hydrogen-bond donors (Lipinski definition) is 2. The fourth-order valence-electron chi connectivity index (χ4n) is 2.15. The van der Waals surface area contributed by atoms with E-state index in [9.17, 15) is 0 Å². The van der Waals surface area contributed by atoms with Crippen LogP contribution >= 0.6 is 15.9 Å². The minimum Gasteiger partial charge on any atom is -0.409 e. The number of nitrogens with zero attached hydrogens (tertiary/aromatic N) is 4. The van der Waals surface area contributed by atoms with Crippen molar-refractivity contribution in [3.63, 3.8) is 0 Å². The molecule has 7 nitrogen and oxygen atoms in total. The van der Waals surface area contributed by atoms with E-state index in [0.717, 1.165) is 29.0 Å². The van der Waals surface area contributed by atoms with Gasteiger partial charge in [-0.2, -0.15) is 5.10 Å². The number of ether oxygens (including phenoxy) is 1. The van der Waals surface area contributed by atoms with E-state index in [2.05, 4.69) is 31.1 Å². The van der Waals surface area contributed by atoms with Crippen molar-refractivity contribution in [2.45, 2.75) is 19.6 Å². The Kier molecular flexibility index (Phi) is 4.43. The number of rotatable bonds is 3. The summed E-state index contributed by atoms with van der Waals surface area (Å²) in [5.41, 5.74) is 7.67. The summed E-state index contributed by atoms with van der Waals surface area (Å²) in [5, 5.41) is 16.1. The molecular formula is C11H18BrN5O2. The van der Waals surface area contributed by atoms with E-state index in [4.69, 9.17) is 15.7 Å². The van der Waals surface area contributed by atoms with E-state index >= 15 is 0 Å². The third-order valence-electron chi connectivity index (χ3n) is 3.23. The van der Waals surface area contributed by atoms with Crippen LogP contribution in [-0.2, 0) is 18.3 Å². The van der Waals surface area contributed by atoms with E-state index in [-0.39, 0.29) is 11.9 Å². The van der Waals surface area contributed by atoms with Crippen LogP contribution in [0.15, 0.2) is 9.63 Å². The van der Waals surface area contributed by atoms with Gasteiger partial charge in [0.05, 0.1) is 22.5 Å². The molecule has 106 valence electrons. The summed E-state index contributed by atoms with van der Waals surface area (Å²) in [5.74, 6) is 0.116. The second-order valence-electron chi connectivity index (χ2n) is 4.59. The third kappa shape index (κ3) is 3.07. The predicted molar refractivity (Wildman–Crippen MR) is 74.1 cm³/mol. The average Bonchev–Trinajstić information content (AvgIpc) is 2.65. The first-order valence-electron chi connectivity index (χ1n) is 6.02. The Morgan fingerprint density at radius 1 is 1.68 bits per heavy atom. The first-order chi connectivity index (χ1) is 9.02. The number of aryl methyl sites for hydroxylation is 2. The topological polar surface area (TPSA) is 88.9 Å². The summed E-state index contributed by atoms with van der Waals surface area (Å²) in [6.07, 6.45) is -0.355. The number of morpholine rings is 1. The minimum absolute atomic E-state index is 0.116. The van der Waals surface area contributed by atoms with E-state index in [1.54, 1.807) is 0 Å². The van der Waals surface area contributed by atoms with Gasteiger partial charge in [0.2, 0.25) is 0 Å². The molecule has 19 heavy (non-hydrogen) atoms. The summed E-state index contributed by atoms with van der Waals surface area (Å²) in [4.78, 5) is 2.20. The molecule has 8 heteroatoms. The monoisotopic (exact) mass is 331 g/mol. The summed E-state index contributed by atoms with van der Waals surface area (Å²) in [7, 11) is 1.93. The van der Waals surface area contributed by atoms with Gasteiger partial charge in [0.25, 0.3) is 0 Å². The van der Waals surface area contributed by atoms with E-state index < -0.39 is 0 Å². The lowest BCUT2D eigenvalue weighted by molar-refractivity contribution is 0.000513. The number of oxime groups is 1. The largest absolute Gasteiger partial charge is 0.409 e. The van der Waals surface area contributed by atoms with E-state index in [0.29, 0.717) is 13.2 Å². The van der Waals surface area contributed by atoms with Crippen LogP contribution in [-0.4, -0.2) is 51.5 Å². The van der Waals surface area contributed by atoms with Gasteiger partial charge in [-0.1, -0.05) is 5.16 Å². The standard InChI is InChI=1S/C11H18BrN5O2/c1-7-10(12)8(16(2)14-7)5-17-3-4-19-9(6-17)11(13)15-18/h9,18H,3-6H2,1-2H3,(H2,13,15). The highest BCUT2D eigenvalue weighted by atomic mass is 79.9. The first kappa shape index (κ1) is 14.3. The van der Waals surface area contributed by atoms with Crippen molar-refractivity contribution in [1.82, 2.24) is 14.7 Å². The summed E-state index contributed by atoms with van der Waals surface area (Å²) in [6, 6.07) is 0. The Balaban J connectivity index is 2.07. The van der Waals surface area contributed by atoms with Gasteiger partial charge in [-0.3, -0.25) is 9.58 Å². The van der Waals surface area contributed by atoms with Crippen molar-refractivity contribution >= 4 is 21.8 Å². The van der Waals surface area contributed by atoms with E-state index in [1.165, 1.54) is 0 Å². The van der Waals surface area contributed by atoms with Crippen molar-refractivity contribution < 1.29 is 9.94 Å². The van der Waals surface area contributed by atoms with E-state index in [1.807, 2.05) is 18.7 Å². The lowest BCUT2D eigenvalue weighted by atomic mass is 10.2. The van der Waals surface area contributed by atoms with Gasteiger partial charge in [-0.25, -0.2) is 0 Å². The van der Waals surface area contributed by atoms with Crippen LogP contribution in [0.25, 0.3) is 0 Å². The van der Waals surface area contributed by atoms with Gasteiger partial charge < -0.3 is 15.7 Å². The maximum absolute atomic E-state index is 8.70. The van der Waals surface area contributed by atoms with Crippen molar-refractivity contribution in [2.24, 2.45) is 17.9 Å². The normalized spacial score (nSPS) is 21.8. The highest BCUT2D eigenvalue weighted by Crippen LogP contribution is 2.22. The minimum atomic E-state index is -0.355. The van der Waals surface area contributed by atoms with Gasteiger partial charge in [0, 0.05) is 26.7 Å². The molecule has 0 bridgehead atoms. The maximum Gasteiger partial charge on any atom is 0.169 e. The highest BCUT2D eigenvalue weighted by Gasteiger charge is 2.25. The van der Waals surface area contributed by atoms with Crippen molar-refractivity contribution in [2.75, 3.05) is 19.7 Å². The number of nitrogens with two attached hydrogens (primary N) is 1. The van der Waals surface area contributed by atoms with Crippen molar-refractivity contribution in [3.8, 4) is 0 Å². The maximum atomic E-state index is 8.70. The molecule has 1 fully saturated rings. The van der Waals surface area contributed by atoms with Crippen LogP contribution in [0.4, 0.5) is 0 Å². The molecule has 0 radical (unpaired) electrons. The molecule has 0 aromatic carbocycles. The van der Waals surface area contributed by atoms with Gasteiger partial charge in [-0.05, 0) is 22.9 Å². The molecule has 0 spiro atoms. The molecule has 1 aromatic heterocycles. The second-order valence-corrected chi connectivity index (χ2v) is 5.38. The summed E-state index contributed by atoms with van der Waals surface area (Å²) in [6.45, 7) is 4.69. The Hall–Kier alpha value is -1.12. The molecule has 1 unspecified atom stereocenters. The van der Waals surface area contributed by atoms with Crippen LogP contribution in [0.5, 0.6) is 0 Å². The molecule has 1 saturated heterocycles. The van der Waals surface area contributed by atoms with Gasteiger partial charge in [0.15, 0.2) is 5.84 Å². The number of halogens is 1. The third-order valence-corrected chi connectivity index (χ3v) is 4.26. The van der Waals surface area contributed by atoms with Crippen LogP contribution in [0.1, 0.15) is 11.4 Å². The second kappa shape index (κ2) is 5.89. The number of hydrogen-bond acceptors (Lipinski definition) is 5. The lowest BCUT2D eigenvalue weighted by Gasteiger charge is -2.32. The van der Waals surface area contributed by atoms with Crippen LogP contribution in [0.2, 0.25) is 0 Å². The van der Waals surface area contributed by atoms with Gasteiger partial charge >= 0.3 is 0 Å². The molecule has 1 aromatic rings. The molecule has 0 amide bonds. The molecular weight excluding hydrogens is 314 g/mol. The average molecular weight is 332 g/mol. The summed E-state index contributed by atoms with van der Waals surface area (Å²) < 4.78 is 8.37. The highest BCUT2D eigenvalue weighted by molar-refractivity contribution is 9.10. The Morgan fingerprint density at radius 2 is 2.42 bits per heavy atom. The lowest BCUT2D eigenvalue weighted by Crippen LogP contribution is -2.48. The number of aromatic nitrogens is 2. The zero-order valence-electron chi connectivity index (χ0n) is 11.0. The predicted octanol–water partition coefficient (Wildman–Crippen LogP) is 0.438. The summed E-state index contributed by atoms with van der Waals surface area (Å²) >= 11 is 3.56. The zero-order valence-corrected chi connectivity index (χ0v) is 12.6. The van der Waals surface area contributed by atoms with Crippen LogP contribution in [0.3, 0.4) is 0 Å². The molecule has 1 aliphatic rings. The SMILES string of the molecule is Cc1nn(C)c(CN2CCOC(C(N)=NO)C2)c1Br. The molecule has 1 aliphatic heterocycles. The van der Waals surface area contributed by atoms with Gasteiger partial charge in [0.1, 0.15) is 6.10 Å². The first-order valence-corrected chi connectivity index (χ1v) is 6.81. The van der Waals surface area contributed by atoms with Crippen molar-refractivity contribution in [3.05, 3.63) is 15.9 Å². The zero-order chi connectivity index (χ0) is 14.0. The van der Waals surface area contributed by atoms with Gasteiger partial charge in [-0.15, -0.1) is 0 Å². The molecule has 2 rings (SSSR count). The quantitative estimate of drug-likeness (QED) is 0.363.